The van der Waals surface area contributed by atoms with Crippen molar-refractivity contribution in [3.8, 4) is 0 Å². The van der Waals surface area contributed by atoms with E-state index in [1.165, 1.54) is 6.92 Å². The molecule has 0 heterocycles. The molecule has 0 spiro atoms. The van der Waals surface area contributed by atoms with Crippen molar-refractivity contribution in [1.29, 1.82) is 0 Å². The zero-order valence-corrected chi connectivity index (χ0v) is 15.5. The van der Waals surface area contributed by atoms with Crippen LogP contribution in [0.4, 0.5) is 0 Å². The Balaban J connectivity index is 1.82. The summed E-state index contributed by atoms with van der Waals surface area (Å²) in [5.74, 6) is -0.390. The van der Waals surface area contributed by atoms with E-state index in [1.54, 1.807) is 6.92 Å². The lowest BCUT2D eigenvalue weighted by atomic mass is 9.45. The monoisotopic (exact) mass is 350 g/mol. The lowest BCUT2D eigenvalue weighted by Crippen LogP contribution is -2.56. The molecule has 0 radical (unpaired) electrons. The molecule has 1 N–H and O–H groups in total. The molecule has 3 saturated carbocycles. The van der Waals surface area contributed by atoms with Crippen molar-refractivity contribution in [3.05, 3.63) is 0 Å². The van der Waals surface area contributed by atoms with Gasteiger partial charge in [0.1, 0.15) is 12.4 Å². The summed E-state index contributed by atoms with van der Waals surface area (Å²) < 4.78 is 5.46. The molecule has 6 unspecified atom stereocenters. The van der Waals surface area contributed by atoms with E-state index in [0.29, 0.717) is 18.3 Å². The number of carbonyl (C=O) groups excluding carboxylic acids is 2. The van der Waals surface area contributed by atoms with Crippen molar-refractivity contribution in [2.75, 3.05) is 0 Å². The van der Waals surface area contributed by atoms with E-state index in [4.69, 9.17) is 4.74 Å². The predicted octanol–water partition coefficient (Wildman–Crippen LogP) is 3.45. The quantitative estimate of drug-likeness (QED) is 0.623. The Hall–Kier alpha value is -1.39. The van der Waals surface area contributed by atoms with Gasteiger partial charge in [0.2, 0.25) is 0 Å². The van der Waals surface area contributed by atoms with Gasteiger partial charge in [-0.05, 0) is 75.0 Å². The smallest absolute Gasteiger partial charge is 0.310 e. The number of carboxylic acids is 1. The van der Waals surface area contributed by atoms with Crippen LogP contribution in [0.15, 0.2) is 0 Å². The second-order valence-corrected chi connectivity index (χ2v) is 8.98. The van der Waals surface area contributed by atoms with Crippen LogP contribution in [0.5, 0.6) is 0 Å². The van der Waals surface area contributed by atoms with E-state index >= 15 is 0 Å². The summed E-state index contributed by atoms with van der Waals surface area (Å²) in [5.41, 5.74) is -0.804. The van der Waals surface area contributed by atoms with Crippen molar-refractivity contribution in [3.63, 3.8) is 0 Å². The highest BCUT2D eigenvalue weighted by atomic mass is 16.5. The third-order valence-electron chi connectivity index (χ3n) is 7.84. The second kappa shape index (κ2) is 6.40. The average molecular weight is 350 g/mol. The number of ether oxygens (including phenoxy) is 1. The molecule has 0 amide bonds. The fourth-order valence-electron chi connectivity index (χ4n) is 6.31. The second-order valence-electron chi connectivity index (χ2n) is 8.98. The topological polar surface area (TPSA) is 80.7 Å². The molecule has 0 bridgehead atoms. The number of hydrogen-bond acceptors (Lipinski definition) is 4. The summed E-state index contributed by atoms with van der Waals surface area (Å²) >= 11 is 0. The maximum atomic E-state index is 11.9. The third kappa shape index (κ3) is 2.89. The molecule has 0 aliphatic heterocycles. The van der Waals surface area contributed by atoms with Gasteiger partial charge < -0.3 is 14.6 Å². The van der Waals surface area contributed by atoms with Gasteiger partial charge in [-0.2, -0.15) is 0 Å². The molecule has 3 rings (SSSR count). The average Bonchev–Trinajstić information content (AvgIpc) is 2.54. The molecule has 7 atom stereocenters. The fraction of sp³-hybridized carbons (Fsp3) is 0.850. The van der Waals surface area contributed by atoms with Crippen LogP contribution in [0, 0.1) is 34.5 Å². The first-order chi connectivity index (χ1) is 11.7. The SMILES string of the molecule is CC(=O)OC1CCC2(C)C(CCC3C2CCC(C)(C(=O)O)[C@H]3C=O)C1. The first-order valence-corrected chi connectivity index (χ1v) is 9.58. The predicted molar refractivity (Wildman–Crippen MR) is 91.7 cm³/mol. The number of esters is 1. The number of rotatable bonds is 3. The van der Waals surface area contributed by atoms with Gasteiger partial charge in [-0.3, -0.25) is 9.59 Å². The lowest BCUT2D eigenvalue weighted by molar-refractivity contribution is -0.173. The third-order valence-corrected chi connectivity index (χ3v) is 7.84. The Morgan fingerprint density at radius 1 is 1.12 bits per heavy atom. The summed E-state index contributed by atoms with van der Waals surface area (Å²) in [6, 6.07) is 0. The van der Waals surface area contributed by atoms with Crippen LogP contribution >= 0.6 is 0 Å². The Bertz CT molecular complexity index is 572. The molecular formula is C20H30O5. The van der Waals surface area contributed by atoms with Gasteiger partial charge in [0.05, 0.1) is 5.41 Å². The Morgan fingerprint density at radius 3 is 2.44 bits per heavy atom. The van der Waals surface area contributed by atoms with Gasteiger partial charge in [-0.1, -0.05) is 6.92 Å². The van der Waals surface area contributed by atoms with Crippen LogP contribution in [0.3, 0.4) is 0 Å². The summed E-state index contributed by atoms with van der Waals surface area (Å²) in [6.45, 7) is 5.54. The van der Waals surface area contributed by atoms with E-state index in [-0.39, 0.29) is 23.4 Å². The summed E-state index contributed by atoms with van der Waals surface area (Å²) in [4.78, 5) is 35.0. The highest BCUT2D eigenvalue weighted by Gasteiger charge is 2.59. The molecule has 0 aromatic heterocycles. The summed E-state index contributed by atoms with van der Waals surface area (Å²) in [6.07, 6.45) is 7.05. The van der Waals surface area contributed by atoms with Gasteiger partial charge in [-0.15, -0.1) is 0 Å². The van der Waals surface area contributed by atoms with Crippen molar-refractivity contribution >= 4 is 18.2 Å². The van der Waals surface area contributed by atoms with Gasteiger partial charge in [0.25, 0.3) is 0 Å². The Labute approximate surface area is 149 Å². The zero-order chi connectivity index (χ0) is 18.4. The molecular weight excluding hydrogens is 320 g/mol. The standard InChI is InChI=1S/C20H30O5/c1-12(22)25-14-6-8-19(2)13(10-14)4-5-15-16(19)7-9-20(3,18(23)24)17(15)11-21/h11,13-17H,4-10H2,1-3H3,(H,23,24)/t13?,14?,15?,16?,17-,19?,20?/m0/s1. The van der Waals surface area contributed by atoms with Crippen molar-refractivity contribution in [1.82, 2.24) is 0 Å². The van der Waals surface area contributed by atoms with E-state index in [1.807, 2.05) is 0 Å². The number of carbonyl (C=O) groups is 3. The zero-order valence-electron chi connectivity index (χ0n) is 15.5. The molecule has 0 aromatic rings. The van der Waals surface area contributed by atoms with Crippen LogP contribution in [0.1, 0.15) is 65.7 Å². The van der Waals surface area contributed by atoms with Crippen molar-refractivity contribution < 1.29 is 24.2 Å². The highest BCUT2D eigenvalue weighted by Crippen LogP contribution is 2.62. The van der Waals surface area contributed by atoms with Crippen LogP contribution in [-0.2, 0) is 19.1 Å². The van der Waals surface area contributed by atoms with Gasteiger partial charge in [0.15, 0.2) is 0 Å². The molecule has 0 saturated heterocycles. The lowest BCUT2D eigenvalue weighted by Gasteiger charge is -2.59. The molecule has 3 aliphatic carbocycles. The van der Waals surface area contributed by atoms with E-state index < -0.39 is 17.3 Å². The molecule has 25 heavy (non-hydrogen) atoms. The minimum Gasteiger partial charge on any atom is -0.481 e. The number of aldehydes is 1. The van der Waals surface area contributed by atoms with Gasteiger partial charge in [-0.25, -0.2) is 0 Å². The molecule has 140 valence electrons. The molecule has 5 heteroatoms. The van der Waals surface area contributed by atoms with Crippen LogP contribution in [0.25, 0.3) is 0 Å². The number of carboxylic acid groups (broad SMARTS) is 1. The van der Waals surface area contributed by atoms with Crippen molar-refractivity contribution in [2.45, 2.75) is 71.8 Å². The maximum absolute atomic E-state index is 11.9. The van der Waals surface area contributed by atoms with Gasteiger partial charge >= 0.3 is 11.9 Å². The van der Waals surface area contributed by atoms with E-state index in [0.717, 1.165) is 44.8 Å². The molecule has 5 nitrogen and oxygen atoms in total. The maximum Gasteiger partial charge on any atom is 0.310 e. The van der Waals surface area contributed by atoms with Gasteiger partial charge in [0, 0.05) is 12.8 Å². The van der Waals surface area contributed by atoms with Crippen LogP contribution in [-0.4, -0.2) is 29.4 Å². The normalized spacial score (nSPS) is 46.4. The van der Waals surface area contributed by atoms with Crippen molar-refractivity contribution in [2.24, 2.45) is 34.5 Å². The fourth-order valence-corrected chi connectivity index (χ4v) is 6.31. The van der Waals surface area contributed by atoms with Crippen LogP contribution in [0.2, 0.25) is 0 Å². The van der Waals surface area contributed by atoms with Crippen LogP contribution < -0.4 is 0 Å². The summed E-state index contributed by atoms with van der Waals surface area (Å²) in [7, 11) is 0. The Kier molecular flexibility index (Phi) is 4.71. The largest absolute Gasteiger partial charge is 0.481 e. The number of hydrogen-bond donors (Lipinski definition) is 1. The summed E-state index contributed by atoms with van der Waals surface area (Å²) in [5, 5.41) is 9.70. The van der Waals surface area contributed by atoms with E-state index in [2.05, 4.69) is 6.92 Å². The number of aliphatic carboxylic acids is 1. The molecule has 3 fully saturated rings. The first-order valence-electron chi connectivity index (χ1n) is 9.58. The molecule has 3 aliphatic rings. The Morgan fingerprint density at radius 2 is 1.84 bits per heavy atom. The highest BCUT2D eigenvalue weighted by molar-refractivity contribution is 5.79. The molecule has 0 aromatic carbocycles. The van der Waals surface area contributed by atoms with E-state index in [9.17, 15) is 19.5 Å². The minimum atomic E-state index is -0.930. The number of fused-ring (bicyclic) bond motifs is 3. The first kappa shape index (κ1) is 18.4. The minimum absolute atomic E-state index is 0.0156.